The normalized spacial score (nSPS) is 15.3. The monoisotopic (exact) mass is 411 g/mol. The van der Waals surface area contributed by atoms with Crippen molar-refractivity contribution in [3.63, 3.8) is 0 Å². The average molecular weight is 412 g/mol. The molecule has 0 aromatic heterocycles. The van der Waals surface area contributed by atoms with E-state index in [1.807, 2.05) is 41.8 Å². The molecule has 0 bridgehead atoms. The average Bonchev–Trinajstić information content (AvgIpc) is 2.76. The van der Waals surface area contributed by atoms with E-state index in [2.05, 4.69) is 60.3 Å². The first-order valence-corrected chi connectivity index (χ1v) is 11.6. The van der Waals surface area contributed by atoms with E-state index >= 15 is 0 Å². The summed E-state index contributed by atoms with van der Waals surface area (Å²) in [7, 11) is 4.14. The van der Waals surface area contributed by atoms with Gasteiger partial charge in [0.05, 0.1) is 0 Å². The van der Waals surface area contributed by atoms with Gasteiger partial charge in [0, 0.05) is 68.2 Å². The Morgan fingerprint density at radius 2 is 1.66 bits per heavy atom. The molecule has 2 aromatic rings. The van der Waals surface area contributed by atoms with Gasteiger partial charge in [-0.3, -0.25) is 4.79 Å². The van der Waals surface area contributed by atoms with Gasteiger partial charge in [-0.15, -0.1) is 11.8 Å². The fraction of sp³-hybridized carbons (Fsp3) is 0.458. The molecule has 0 unspecified atom stereocenters. The largest absolute Gasteiger partial charge is 0.378 e. The van der Waals surface area contributed by atoms with Crippen LogP contribution < -0.4 is 9.80 Å². The summed E-state index contributed by atoms with van der Waals surface area (Å²) in [6.07, 6.45) is 2.64. The summed E-state index contributed by atoms with van der Waals surface area (Å²) in [5.74, 6) is 1.33. The van der Waals surface area contributed by atoms with Crippen LogP contribution in [0.2, 0.25) is 0 Å². The highest BCUT2D eigenvalue weighted by atomic mass is 32.2. The van der Waals surface area contributed by atoms with Crippen molar-refractivity contribution in [2.75, 3.05) is 49.3 Å². The number of likely N-dealkylation sites (tertiary alicyclic amines) is 1. The second-order valence-electron chi connectivity index (χ2n) is 7.76. The van der Waals surface area contributed by atoms with Crippen LogP contribution in [0.4, 0.5) is 11.4 Å². The molecule has 4 nitrogen and oxygen atoms in total. The second kappa shape index (κ2) is 10.7. The quantitative estimate of drug-likeness (QED) is 0.586. The Morgan fingerprint density at radius 3 is 2.24 bits per heavy atom. The number of amides is 1. The van der Waals surface area contributed by atoms with Crippen LogP contribution in [0.5, 0.6) is 0 Å². The zero-order chi connectivity index (χ0) is 20.6. The van der Waals surface area contributed by atoms with Gasteiger partial charge < -0.3 is 14.7 Å². The number of rotatable bonds is 8. The summed E-state index contributed by atoms with van der Waals surface area (Å²) < 4.78 is 0. The topological polar surface area (TPSA) is 26.8 Å². The molecular weight excluding hydrogens is 378 g/mol. The number of benzene rings is 2. The SMILES string of the molecule is CCC(=O)N(c1ccccc1)C1CCN(CCSc2ccc(N(C)C)cc2)CC1. The van der Waals surface area contributed by atoms with Crippen molar-refractivity contribution in [1.82, 2.24) is 4.90 Å². The number of nitrogens with zero attached hydrogens (tertiary/aromatic N) is 3. The van der Waals surface area contributed by atoms with Crippen LogP contribution in [0.1, 0.15) is 26.2 Å². The minimum atomic E-state index is 0.228. The molecule has 1 aliphatic heterocycles. The summed E-state index contributed by atoms with van der Waals surface area (Å²) in [5.41, 5.74) is 2.27. The first-order chi connectivity index (χ1) is 14.1. The predicted octanol–water partition coefficient (Wildman–Crippen LogP) is 4.75. The van der Waals surface area contributed by atoms with Crippen molar-refractivity contribution < 1.29 is 4.79 Å². The van der Waals surface area contributed by atoms with Crippen LogP contribution in [0.15, 0.2) is 59.5 Å². The molecular formula is C24H33N3OS. The lowest BCUT2D eigenvalue weighted by atomic mass is 10.0. The van der Waals surface area contributed by atoms with Crippen molar-refractivity contribution in [3.8, 4) is 0 Å². The standard InChI is InChI=1S/C24H33N3OS/c1-4-24(28)27(21-8-6-5-7-9-21)22-14-16-26(17-15-22)18-19-29-23-12-10-20(11-13-23)25(2)3/h5-13,22H,4,14-19H2,1-3H3. The van der Waals surface area contributed by atoms with Gasteiger partial charge in [0.2, 0.25) is 5.91 Å². The zero-order valence-corrected chi connectivity index (χ0v) is 18.7. The molecule has 2 aromatic carbocycles. The van der Waals surface area contributed by atoms with Gasteiger partial charge in [-0.05, 0) is 49.2 Å². The van der Waals surface area contributed by atoms with Crippen LogP contribution >= 0.6 is 11.8 Å². The highest BCUT2D eigenvalue weighted by molar-refractivity contribution is 7.99. The Kier molecular flexibility index (Phi) is 8.01. The number of para-hydroxylation sites is 1. The van der Waals surface area contributed by atoms with Crippen LogP contribution in [-0.4, -0.2) is 56.3 Å². The molecule has 0 radical (unpaired) electrons. The number of carbonyl (C=O) groups is 1. The lowest BCUT2D eigenvalue weighted by Crippen LogP contribution is -2.48. The first kappa shape index (κ1) is 21.7. The highest BCUT2D eigenvalue weighted by Gasteiger charge is 2.28. The van der Waals surface area contributed by atoms with Gasteiger partial charge in [0.25, 0.3) is 0 Å². The molecule has 1 saturated heterocycles. The molecule has 1 amide bonds. The number of anilines is 2. The van der Waals surface area contributed by atoms with E-state index in [-0.39, 0.29) is 5.91 Å². The maximum Gasteiger partial charge on any atom is 0.226 e. The van der Waals surface area contributed by atoms with Gasteiger partial charge in [-0.2, -0.15) is 0 Å². The minimum absolute atomic E-state index is 0.228. The molecule has 156 valence electrons. The molecule has 0 N–H and O–H groups in total. The molecule has 5 heteroatoms. The number of piperidine rings is 1. The van der Waals surface area contributed by atoms with E-state index in [1.165, 1.54) is 10.6 Å². The van der Waals surface area contributed by atoms with E-state index in [0.717, 1.165) is 43.9 Å². The molecule has 1 heterocycles. The third kappa shape index (κ3) is 6.00. The van der Waals surface area contributed by atoms with Gasteiger partial charge in [0.1, 0.15) is 0 Å². The summed E-state index contributed by atoms with van der Waals surface area (Å²) >= 11 is 1.92. The number of hydrogen-bond acceptors (Lipinski definition) is 4. The zero-order valence-electron chi connectivity index (χ0n) is 17.9. The van der Waals surface area contributed by atoms with Crippen LogP contribution in [0.3, 0.4) is 0 Å². The molecule has 29 heavy (non-hydrogen) atoms. The van der Waals surface area contributed by atoms with E-state index in [9.17, 15) is 4.79 Å². The molecule has 0 atom stereocenters. The lowest BCUT2D eigenvalue weighted by Gasteiger charge is -2.38. The predicted molar refractivity (Wildman–Crippen MR) is 125 cm³/mol. The maximum atomic E-state index is 12.6. The van der Waals surface area contributed by atoms with Gasteiger partial charge in [-0.1, -0.05) is 25.1 Å². The van der Waals surface area contributed by atoms with Crippen LogP contribution in [0.25, 0.3) is 0 Å². The van der Waals surface area contributed by atoms with Gasteiger partial charge in [-0.25, -0.2) is 0 Å². The lowest BCUT2D eigenvalue weighted by molar-refractivity contribution is -0.119. The summed E-state index contributed by atoms with van der Waals surface area (Å²) in [5, 5.41) is 0. The Labute approximate surface area is 179 Å². The van der Waals surface area contributed by atoms with E-state index in [0.29, 0.717) is 12.5 Å². The minimum Gasteiger partial charge on any atom is -0.378 e. The molecule has 0 aliphatic carbocycles. The Morgan fingerprint density at radius 1 is 1.00 bits per heavy atom. The Bertz CT molecular complexity index is 755. The Balaban J connectivity index is 1.47. The van der Waals surface area contributed by atoms with Crippen molar-refractivity contribution in [3.05, 3.63) is 54.6 Å². The summed E-state index contributed by atoms with van der Waals surface area (Å²) in [6.45, 7) is 5.17. The smallest absolute Gasteiger partial charge is 0.226 e. The van der Waals surface area contributed by atoms with Crippen LogP contribution in [0, 0.1) is 0 Å². The first-order valence-electron chi connectivity index (χ1n) is 10.6. The van der Waals surface area contributed by atoms with Gasteiger partial charge in [0.15, 0.2) is 0 Å². The number of thioether (sulfide) groups is 1. The van der Waals surface area contributed by atoms with Crippen molar-refractivity contribution in [2.45, 2.75) is 37.1 Å². The molecule has 0 saturated carbocycles. The molecule has 1 aliphatic rings. The van der Waals surface area contributed by atoms with E-state index in [4.69, 9.17) is 0 Å². The Hall–Kier alpha value is -1.98. The van der Waals surface area contributed by atoms with E-state index < -0.39 is 0 Å². The second-order valence-corrected chi connectivity index (χ2v) is 8.93. The number of hydrogen-bond donors (Lipinski definition) is 0. The molecule has 1 fully saturated rings. The maximum absolute atomic E-state index is 12.6. The summed E-state index contributed by atoms with van der Waals surface area (Å²) in [4.78, 5) is 20.6. The third-order valence-electron chi connectivity index (χ3n) is 5.56. The highest BCUT2D eigenvalue weighted by Crippen LogP contribution is 2.26. The van der Waals surface area contributed by atoms with Gasteiger partial charge >= 0.3 is 0 Å². The van der Waals surface area contributed by atoms with Crippen molar-refractivity contribution in [2.24, 2.45) is 0 Å². The molecule has 0 spiro atoms. The van der Waals surface area contributed by atoms with Crippen molar-refractivity contribution in [1.29, 1.82) is 0 Å². The summed E-state index contributed by atoms with van der Waals surface area (Å²) in [6, 6.07) is 19.2. The molecule has 3 rings (SSSR count). The van der Waals surface area contributed by atoms with Crippen molar-refractivity contribution >= 4 is 29.0 Å². The fourth-order valence-corrected chi connectivity index (χ4v) is 4.77. The number of carbonyl (C=O) groups excluding carboxylic acids is 1. The van der Waals surface area contributed by atoms with Crippen LogP contribution in [-0.2, 0) is 4.79 Å². The van der Waals surface area contributed by atoms with E-state index in [1.54, 1.807) is 0 Å². The fourth-order valence-electron chi connectivity index (χ4n) is 3.85. The third-order valence-corrected chi connectivity index (χ3v) is 6.55.